The summed E-state index contributed by atoms with van der Waals surface area (Å²) in [6.45, 7) is -0.0602. The molecule has 0 N–H and O–H groups in total. The van der Waals surface area contributed by atoms with Crippen molar-refractivity contribution in [2.45, 2.75) is 11.4 Å². The molecule has 0 atom stereocenters. The molecule has 36 heavy (non-hydrogen) atoms. The van der Waals surface area contributed by atoms with Crippen LogP contribution in [0.2, 0.25) is 0 Å². The van der Waals surface area contributed by atoms with Gasteiger partial charge >= 0.3 is 0 Å². The van der Waals surface area contributed by atoms with Gasteiger partial charge in [0, 0.05) is 48.4 Å². The lowest BCUT2D eigenvalue weighted by Crippen LogP contribution is -2.30. The highest BCUT2D eigenvalue weighted by Gasteiger charge is 2.29. The molecule has 0 spiro atoms. The highest BCUT2D eigenvalue weighted by Crippen LogP contribution is 2.41. The molecule has 0 amide bonds. The number of nitrogens with zero attached hydrogens (tertiary/aromatic N) is 3. The van der Waals surface area contributed by atoms with Gasteiger partial charge in [0.2, 0.25) is 5.75 Å². The van der Waals surface area contributed by atoms with Gasteiger partial charge in [-0.2, -0.15) is 0 Å². The number of non-ortho nitro benzene ring substituents is 1. The molecule has 10 nitrogen and oxygen atoms in total. The second-order valence-corrected chi connectivity index (χ2v) is 9.83. The number of ether oxygens (including phenoxy) is 3. The monoisotopic (exact) mass is 511 g/mol. The number of nitro groups is 1. The van der Waals surface area contributed by atoms with E-state index < -0.39 is 14.9 Å². The molecule has 4 aromatic rings. The van der Waals surface area contributed by atoms with Gasteiger partial charge in [-0.3, -0.25) is 14.4 Å². The maximum absolute atomic E-state index is 14.1. The first-order valence-corrected chi connectivity index (χ1v) is 12.2. The molecule has 0 radical (unpaired) electrons. The number of benzene rings is 3. The van der Waals surface area contributed by atoms with Gasteiger partial charge in [-0.15, -0.1) is 0 Å². The van der Waals surface area contributed by atoms with Crippen molar-refractivity contribution in [1.82, 2.24) is 4.57 Å². The lowest BCUT2D eigenvalue weighted by Gasteiger charge is -2.26. The number of nitro benzene ring substituents is 1. The normalized spacial score (nSPS) is 11.3. The average Bonchev–Trinajstić information content (AvgIpc) is 3.26. The van der Waals surface area contributed by atoms with Crippen LogP contribution < -0.4 is 18.5 Å². The number of aryl methyl sites for hydroxylation is 1. The summed E-state index contributed by atoms with van der Waals surface area (Å²) in [7, 11) is 2.00. The largest absolute Gasteiger partial charge is 0.493 e. The zero-order chi connectivity index (χ0) is 26.0. The van der Waals surface area contributed by atoms with Gasteiger partial charge in [0.05, 0.1) is 43.4 Å². The number of anilines is 1. The van der Waals surface area contributed by atoms with E-state index >= 15 is 0 Å². The van der Waals surface area contributed by atoms with E-state index in [2.05, 4.69) is 0 Å². The van der Waals surface area contributed by atoms with Crippen molar-refractivity contribution >= 4 is 32.3 Å². The molecule has 0 aliphatic carbocycles. The summed E-state index contributed by atoms with van der Waals surface area (Å²) in [5.74, 6) is 0.667. The van der Waals surface area contributed by atoms with Crippen LogP contribution in [0.25, 0.3) is 10.9 Å². The van der Waals surface area contributed by atoms with Crippen molar-refractivity contribution < 1.29 is 27.6 Å². The number of hydrogen-bond donors (Lipinski definition) is 0. The van der Waals surface area contributed by atoms with E-state index in [1.54, 1.807) is 12.1 Å². The van der Waals surface area contributed by atoms with E-state index in [4.69, 9.17) is 14.2 Å². The Labute approximate surface area is 208 Å². The third-order valence-electron chi connectivity index (χ3n) is 5.86. The van der Waals surface area contributed by atoms with Crippen molar-refractivity contribution in [3.8, 4) is 17.2 Å². The number of hydrogen-bond acceptors (Lipinski definition) is 7. The summed E-state index contributed by atoms with van der Waals surface area (Å²) >= 11 is 0. The standard InChI is InChI=1S/C25H25N3O7S/c1-26-12-11-18-13-20(9-10-22(18)26)27(16-17-5-7-19(8-6-17)28(29)30)36(31,32)21-14-23(33-2)25(35-4)24(15-21)34-3/h5-15H,16H2,1-4H3. The zero-order valence-electron chi connectivity index (χ0n) is 20.2. The molecule has 0 saturated carbocycles. The SMILES string of the molecule is COc1cc(S(=O)(=O)N(Cc2ccc([N+](=O)[O-])cc2)c2ccc3c(ccn3C)c2)cc(OC)c1OC. The third kappa shape index (κ3) is 4.52. The molecule has 1 aromatic heterocycles. The zero-order valence-corrected chi connectivity index (χ0v) is 21.0. The van der Waals surface area contributed by atoms with Gasteiger partial charge in [0.1, 0.15) is 0 Å². The summed E-state index contributed by atoms with van der Waals surface area (Å²) in [5, 5.41) is 11.9. The average molecular weight is 512 g/mol. The lowest BCUT2D eigenvalue weighted by atomic mass is 10.2. The van der Waals surface area contributed by atoms with Crippen LogP contribution in [0.15, 0.2) is 71.8 Å². The van der Waals surface area contributed by atoms with Crippen LogP contribution in [0.3, 0.4) is 0 Å². The first kappa shape index (κ1) is 24.9. The van der Waals surface area contributed by atoms with Crippen LogP contribution >= 0.6 is 0 Å². The minimum atomic E-state index is -4.15. The van der Waals surface area contributed by atoms with E-state index in [-0.39, 0.29) is 34.4 Å². The molecule has 11 heteroatoms. The third-order valence-corrected chi connectivity index (χ3v) is 7.61. The van der Waals surface area contributed by atoms with Crippen LogP contribution in [0.4, 0.5) is 11.4 Å². The van der Waals surface area contributed by atoms with Crippen molar-refractivity contribution in [2.75, 3.05) is 25.6 Å². The summed E-state index contributed by atoms with van der Waals surface area (Å²) in [6, 6.07) is 15.8. The van der Waals surface area contributed by atoms with E-state index in [0.717, 1.165) is 10.9 Å². The molecule has 1 heterocycles. The van der Waals surface area contributed by atoms with Crippen molar-refractivity contribution in [2.24, 2.45) is 7.05 Å². The first-order chi connectivity index (χ1) is 17.2. The fourth-order valence-corrected chi connectivity index (χ4v) is 5.44. The number of methoxy groups -OCH3 is 3. The molecule has 3 aromatic carbocycles. The van der Waals surface area contributed by atoms with Crippen LogP contribution in [0.1, 0.15) is 5.56 Å². The van der Waals surface area contributed by atoms with Gasteiger partial charge < -0.3 is 18.8 Å². The Balaban J connectivity index is 1.87. The molecule has 0 bridgehead atoms. The molecule has 0 saturated heterocycles. The Morgan fingerprint density at radius 1 is 0.917 bits per heavy atom. The summed E-state index contributed by atoms with van der Waals surface area (Å²) in [6.07, 6.45) is 1.89. The molecule has 188 valence electrons. The fraction of sp³-hybridized carbons (Fsp3) is 0.200. The van der Waals surface area contributed by atoms with Gasteiger partial charge in [-0.25, -0.2) is 8.42 Å². The van der Waals surface area contributed by atoms with Gasteiger partial charge in [0.15, 0.2) is 11.5 Å². The Bertz CT molecular complexity index is 1500. The maximum Gasteiger partial charge on any atom is 0.269 e. The fourth-order valence-electron chi connectivity index (χ4n) is 3.96. The topological polar surface area (TPSA) is 113 Å². The molecule has 4 rings (SSSR count). The molecular formula is C25H25N3O7S. The predicted octanol–water partition coefficient (Wildman–Crippen LogP) is 4.51. The van der Waals surface area contributed by atoms with E-state index in [1.807, 2.05) is 29.9 Å². The number of fused-ring (bicyclic) bond motifs is 1. The summed E-state index contributed by atoms with van der Waals surface area (Å²) in [4.78, 5) is 10.5. The molecule has 0 aliphatic heterocycles. The minimum absolute atomic E-state index is 0.0602. The minimum Gasteiger partial charge on any atom is -0.493 e. The highest BCUT2D eigenvalue weighted by atomic mass is 32.2. The van der Waals surface area contributed by atoms with E-state index in [0.29, 0.717) is 11.3 Å². The summed E-state index contributed by atoms with van der Waals surface area (Å²) < 4.78 is 47.3. The molecule has 0 aliphatic rings. The van der Waals surface area contributed by atoms with Gasteiger partial charge in [-0.05, 0) is 29.8 Å². The van der Waals surface area contributed by atoms with Crippen LogP contribution in [0.5, 0.6) is 17.2 Å². The number of aromatic nitrogens is 1. The maximum atomic E-state index is 14.1. The molecule has 0 unspecified atom stereocenters. The number of sulfonamides is 1. The van der Waals surface area contributed by atoms with E-state index in [9.17, 15) is 18.5 Å². The Kier molecular flexibility index (Phi) is 6.75. The lowest BCUT2D eigenvalue weighted by molar-refractivity contribution is -0.384. The Morgan fingerprint density at radius 3 is 2.11 bits per heavy atom. The Morgan fingerprint density at radius 2 is 1.56 bits per heavy atom. The second-order valence-electron chi connectivity index (χ2n) is 7.97. The predicted molar refractivity (Wildman–Crippen MR) is 135 cm³/mol. The quantitative estimate of drug-likeness (QED) is 0.240. The molecular weight excluding hydrogens is 486 g/mol. The van der Waals surface area contributed by atoms with Gasteiger partial charge in [-0.1, -0.05) is 12.1 Å². The van der Waals surface area contributed by atoms with Crippen molar-refractivity contribution in [1.29, 1.82) is 0 Å². The van der Waals surface area contributed by atoms with Gasteiger partial charge in [0.25, 0.3) is 15.7 Å². The highest BCUT2D eigenvalue weighted by molar-refractivity contribution is 7.92. The van der Waals surface area contributed by atoms with E-state index in [1.165, 1.54) is 62.0 Å². The van der Waals surface area contributed by atoms with Crippen LogP contribution in [-0.4, -0.2) is 39.2 Å². The second kappa shape index (κ2) is 9.78. The van der Waals surface area contributed by atoms with Crippen molar-refractivity contribution in [3.63, 3.8) is 0 Å². The van der Waals surface area contributed by atoms with Crippen molar-refractivity contribution in [3.05, 3.63) is 82.5 Å². The summed E-state index contributed by atoms with van der Waals surface area (Å²) in [5.41, 5.74) is 1.87. The number of rotatable bonds is 9. The molecule has 0 fully saturated rings. The Hall–Kier alpha value is -4.25. The van der Waals surface area contributed by atoms with Crippen LogP contribution in [0, 0.1) is 10.1 Å². The van der Waals surface area contributed by atoms with Crippen LogP contribution in [-0.2, 0) is 23.6 Å². The first-order valence-electron chi connectivity index (χ1n) is 10.8. The smallest absolute Gasteiger partial charge is 0.269 e.